The molecule has 0 aliphatic heterocycles. The average Bonchev–Trinajstić information content (AvgIpc) is 2.78. The van der Waals surface area contributed by atoms with Crippen LogP contribution in [0.4, 0.5) is 0 Å². The van der Waals surface area contributed by atoms with Crippen LogP contribution >= 0.6 is 15.9 Å². The molecule has 3 N–H and O–H groups in total. The van der Waals surface area contributed by atoms with Crippen LogP contribution in [0, 0.1) is 0 Å². The number of pyridine rings is 2. The van der Waals surface area contributed by atoms with Crippen LogP contribution in [-0.2, 0) is 16.4 Å². The maximum Gasteiger partial charge on any atom is 0.252 e. The normalized spacial score (nSPS) is 11.4. The minimum atomic E-state index is -3.72. The van der Waals surface area contributed by atoms with Crippen molar-refractivity contribution in [3.05, 3.63) is 88.7 Å². The molecule has 0 fully saturated rings. The molecule has 0 spiro atoms. The molecular weight excluding hydrogens is 492 g/mol. The number of aromatic nitrogens is 2. The number of fused-ring (bicyclic) bond motifs is 1. The van der Waals surface area contributed by atoms with Gasteiger partial charge in [-0.1, -0.05) is 28.1 Å². The van der Waals surface area contributed by atoms with Crippen molar-refractivity contribution in [3.8, 4) is 11.3 Å². The van der Waals surface area contributed by atoms with Gasteiger partial charge in [-0.25, -0.2) is 18.5 Å². The van der Waals surface area contributed by atoms with Crippen LogP contribution in [0.2, 0.25) is 0 Å². The number of carbonyl (C=O) groups is 1. The Morgan fingerprint density at radius 1 is 1.00 bits per heavy atom. The van der Waals surface area contributed by atoms with E-state index in [9.17, 15) is 13.2 Å². The van der Waals surface area contributed by atoms with E-state index in [-0.39, 0.29) is 10.8 Å². The van der Waals surface area contributed by atoms with E-state index in [1.54, 1.807) is 30.6 Å². The quantitative estimate of drug-likeness (QED) is 0.410. The summed E-state index contributed by atoms with van der Waals surface area (Å²) in [5.41, 5.74) is 3.68. The Hall–Kier alpha value is -3.14. The van der Waals surface area contributed by atoms with Crippen LogP contribution < -0.4 is 10.5 Å². The van der Waals surface area contributed by atoms with Gasteiger partial charge in [0.05, 0.1) is 21.7 Å². The van der Waals surface area contributed by atoms with E-state index in [1.165, 1.54) is 12.1 Å². The van der Waals surface area contributed by atoms with E-state index in [0.29, 0.717) is 29.7 Å². The molecule has 7 nitrogen and oxygen atoms in total. The number of hydrogen-bond donors (Lipinski definition) is 2. The second-order valence-corrected chi connectivity index (χ2v) is 9.62. The molecule has 0 radical (unpaired) electrons. The lowest BCUT2D eigenvalue weighted by Crippen LogP contribution is -2.26. The molecule has 0 unspecified atom stereocenters. The lowest BCUT2D eigenvalue weighted by atomic mass is 10.0. The van der Waals surface area contributed by atoms with E-state index >= 15 is 0 Å². The van der Waals surface area contributed by atoms with Crippen molar-refractivity contribution in [2.75, 3.05) is 6.54 Å². The zero-order chi connectivity index (χ0) is 22.7. The van der Waals surface area contributed by atoms with Gasteiger partial charge in [-0.2, -0.15) is 0 Å². The monoisotopic (exact) mass is 510 g/mol. The highest BCUT2D eigenvalue weighted by Gasteiger charge is 2.14. The topological polar surface area (TPSA) is 115 Å². The fourth-order valence-corrected chi connectivity index (χ4v) is 4.19. The molecule has 2 aromatic heterocycles. The highest BCUT2D eigenvalue weighted by atomic mass is 79.9. The van der Waals surface area contributed by atoms with Crippen LogP contribution in [0.3, 0.4) is 0 Å². The number of rotatable bonds is 6. The van der Waals surface area contributed by atoms with Gasteiger partial charge in [-0.15, -0.1) is 0 Å². The second-order valence-electron chi connectivity index (χ2n) is 7.15. The summed E-state index contributed by atoms with van der Waals surface area (Å²) in [4.78, 5) is 21.9. The first-order valence-electron chi connectivity index (χ1n) is 9.72. The lowest BCUT2D eigenvalue weighted by molar-refractivity contribution is 0.0955. The van der Waals surface area contributed by atoms with Gasteiger partial charge in [-0.3, -0.25) is 9.78 Å². The minimum absolute atomic E-state index is 0.0581. The number of halogens is 1. The van der Waals surface area contributed by atoms with Gasteiger partial charge in [-0.05, 0) is 60.5 Å². The van der Waals surface area contributed by atoms with Gasteiger partial charge < -0.3 is 5.32 Å². The van der Waals surface area contributed by atoms with Crippen LogP contribution in [0.25, 0.3) is 22.2 Å². The van der Waals surface area contributed by atoms with Crippen LogP contribution in [0.5, 0.6) is 0 Å². The Bertz CT molecular complexity index is 1390. The first-order chi connectivity index (χ1) is 15.3. The highest BCUT2D eigenvalue weighted by molar-refractivity contribution is 9.10. The Balaban J connectivity index is 1.56. The number of carbonyl (C=O) groups excluding carboxylic acids is 1. The summed E-state index contributed by atoms with van der Waals surface area (Å²) < 4.78 is 23.6. The molecular formula is C23H19BrN4O3S. The number of hydrogen-bond acceptors (Lipinski definition) is 5. The van der Waals surface area contributed by atoms with Gasteiger partial charge in [0, 0.05) is 34.4 Å². The molecule has 0 aliphatic carbocycles. The number of sulfonamides is 1. The molecule has 0 saturated carbocycles. The fraction of sp³-hybridized carbons (Fsp3) is 0.0870. The zero-order valence-corrected chi connectivity index (χ0v) is 19.2. The summed E-state index contributed by atoms with van der Waals surface area (Å²) in [7, 11) is -3.72. The van der Waals surface area contributed by atoms with Crippen molar-refractivity contribution in [2.45, 2.75) is 11.3 Å². The van der Waals surface area contributed by atoms with E-state index in [4.69, 9.17) is 10.1 Å². The SMILES string of the molecule is NS(=O)(=O)c1ccc(CCNC(=O)c2cc(-c3ccncc3)nc3ccc(Br)cc23)cc1. The van der Waals surface area contributed by atoms with Gasteiger partial charge in [0.25, 0.3) is 5.91 Å². The van der Waals surface area contributed by atoms with E-state index in [1.807, 2.05) is 30.3 Å². The molecule has 162 valence electrons. The number of benzene rings is 2. The summed E-state index contributed by atoms with van der Waals surface area (Å²) >= 11 is 3.46. The van der Waals surface area contributed by atoms with Crippen molar-refractivity contribution >= 4 is 42.8 Å². The Morgan fingerprint density at radius 3 is 2.41 bits per heavy atom. The first kappa shape index (κ1) is 22.1. The predicted octanol–water partition coefficient (Wildman–Crippen LogP) is 3.68. The summed E-state index contributed by atoms with van der Waals surface area (Å²) in [5, 5.41) is 8.81. The summed E-state index contributed by atoms with van der Waals surface area (Å²) in [6.45, 7) is 0.385. The number of nitrogens with two attached hydrogens (primary N) is 1. The van der Waals surface area contributed by atoms with Crippen molar-refractivity contribution in [1.29, 1.82) is 0 Å². The number of primary sulfonamides is 1. The predicted molar refractivity (Wildman–Crippen MR) is 127 cm³/mol. The molecule has 0 aliphatic rings. The van der Waals surface area contributed by atoms with E-state index < -0.39 is 10.0 Å². The third-order valence-electron chi connectivity index (χ3n) is 4.94. The maximum atomic E-state index is 13.1. The van der Waals surface area contributed by atoms with Gasteiger partial charge in [0.15, 0.2) is 0 Å². The largest absolute Gasteiger partial charge is 0.352 e. The maximum absolute atomic E-state index is 13.1. The number of amides is 1. The van der Waals surface area contributed by atoms with Crippen LogP contribution in [-0.4, -0.2) is 30.8 Å². The summed E-state index contributed by atoms with van der Waals surface area (Å²) in [6, 6.07) is 17.4. The van der Waals surface area contributed by atoms with Crippen LogP contribution in [0.1, 0.15) is 15.9 Å². The van der Waals surface area contributed by atoms with Crippen molar-refractivity contribution in [3.63, 3.8) is 0 Å². The van der Waals surface area contributed by atoms with E-state index in [0.717, 1.165) is 21.0 Å². The third kappa shape index (κ3) is 5.01. The van der Waals surface area contributed by atoms with Crippen molar-refractivity contribution in [1.82, 2.24) is 15.3 Å². The Labute approximate surface area is 193 Å². The lowest BCUT2D eigenvalue weighted by Gasteiger charge is -2.11. The first-order valence-corrected chi connectivity index (χ1v) is 12.1. The second kappa shape index (κ2) is 9.15. The molecule has 4 aromatic rings. The molecule has 9 heteroatoms. The molecule has 0 saturated heterocycles. The van der Waals surface area contributed by atoms with Gasteiger partial charge >= 0.3 is 0 Å². The van der Waals surface area contributed by atoms with Crippen molar-refractivity contribution < 1.29 is 13.2 Å². The molecule has 4 rings (SSSR count). The Kier molecular flexibility index (Phi) is 6.31. The minimum Gasteiger partial charge on any atom is -0.352 e. The summed E-state index contributed by atoms with van der Waals surface area (Å²) in [6.07, 6.45) is 3.91. The van der Waals surface area contributed by atoms with Gasteiger partial charge in [0.2, 0.25) is 10.0 Å². The Morgan fingerprint density at radius 2 is 1.72 bits per heavy atom. The summed E-state index contributed by atoms with van der Waals surface area (Å²) in [5.74, 6) is -0.216. The molecule has 2 aromatic carbocycles. The van der Waals surface area contributed by atoms with E-state index in [2.05, 4.69) is 26.2 Å². The number of nitrogens with one attached hydrogen (secondary N) is 1. The number of nitrogens with zero attached hydrogens (tertiary/aromatic N) is 2. The fourth-order valence-electron chi connectivity index (χ4n) is 3.32. The molecule has 1 amide bonds. The average molecular weight is 511 g/mol. The van der Waals surface area contributed by atoms with Crippen molar-refractivity contribution in [2.24, 2.45) is 5.14 Å². The third-order valence-corrected chi connectivity index (χ3v) is 6.37. The smallest absolute Gasteiger partial charge is 0.252 e. The molecule has 32 heavy (non-hydrogen) atoms. The molecule has 0 bridgehead atoms. The highest BCUT2D eigenvalue weighted by Crippen LogP contribution is 2.27. The molecule has 0 atom stereocenters. The standard InChI is InChI=1S/C23H19BrN4O3S/c24-17-3-6-21-19(13-17)20(14-22(28-21)16-8-10-26-11-9-16)23(29)27-12-7-15-1-4-18(5-2-15)32(25,30)31/h1-6,8-11,13-14H,7,12H2,(H,27,29)(H2,25,30,31). The zero-order valence-electron chi connectivity index (χ0n) is 16.8. The van der Waals surface area contributed by atoms with Gasteiger partial charge in [0.1, 0.15) is 0 Å². The van der Waals surface area contributed by atoms with Crippen LogP contribution in [0.15, 0.2) is 82.4 Å². The molecule has 2 heterocycles.